The number of benzene rings is 2. The lowest BCUT2D eigenvalue weighted by atomic mass is 9.89. The highest BCUT2D eigenvalue weighted by atomic mass is 16.5. The Bertz CT molecular complexity index is 1250. The Labute approximate surface area is 203 Å². The molecule has 8 heteroatoms. The van der Waals surface area contributed by atoms with E-state index in [-0.39, 0.29) is 11.7 Å². The first kappa shape index (κ1) is 23.9. The van der Waals surface area contributed by atoms with E-state index in [0.717, 1.165) is 11.3 Å². The van der Waals surface area contributed by atoms with E-state index < -0.39 is 17.4 Å². The summed E-state index contributed by atoms with van der Waals surface area (Å²) in [6.07, 6.45) is 3.55. The van der Waals surface area contributed by atoms with E-state index >= 15 is 0 Å². The van der Waals surface area contributed by atoms with E-state index in [1.165, 1.54) is 26.6 Å². The van der Waals surface area contributed by atoms with Crippen molar-refractivity contribution in [3.63, 3.8) is 0 Å². The van der Waals surface area contributed by atoms with Gasteiger partial charge in [0.25, 0.3) is 11.8 Å². The predicted octanol–water partition coefficient (Wildman–Crippen LogP) is 4.49. The van der Waals surface area contributed by atoms with Crippen LogP contribution in [-0.2, 0) is 4.79 Å². The number of para-hydroxylation sites is 1. The molecule has 0 fully saturated rings. The molecule has 1 aliphatic heterocycles. The zero-order valence-corrected chi connectivity index (χ0v) is 20.1. The molecule has 2 N–H and O–H groups in total. The first-order chi connectivity index (χ1) is 16.8. The van der Waals surface area contributed by atoms with Gasteiger partial charge in [-0.1, -0.05) is 18.2 Å². The lowest BCUT2D eigenvalue weighted by molar-refractivity contribution is -0.119. The van der Waals surface area contributed by atoms with Crippen LogP contribution in [0.3, 0.4) is 0 Å². The van der Waals surface area contributed by atoms with Gasteiger partial charge in [0.15, 0.2) is 11.5 Å². The molecule has 1 atom stereocenters. The number of amides is 2. The van der Waals surface area contributed by atoms with Gasteiger partial charge in [0.2, 0.25) is 0 Å². The average Bonchev–Trinajstić information content (AvgIpc) is 3.35. The van der Waals surface area contributed by atoms with E-state index in [0.29, 0.717) is 29.2 Å². The summed E-state index contributed by atoms with van der Waals surface area (Å²) in [6, 6.07) is 15.5. The van der Waals surface area contributed by atoms with Crippen molar-refractivity contribution in [2.75, 3.05) is 14.2 Å². The van der Waals surface area contributed by atoms with Crippen LogP contribution in [0.15, 0.2) is 71.0 Å². The molecule has 2 amide bonds. The number of fused-ring (bicyclic) bond motifs is 1. The second-order valence-electron chi connectivity index (χ2n) is 8.73. The minimum atomic E-state index is -0.480. The highest BCUT2D eigenvalue weighted by Crippen LogP contribution is 2.39. The quantitative estimate of drug-likeness (QED) is 0.488. The maximum absolute atomic E-state index is 13.4. The largest absolute Gasteiger partial charge is 0.493 e. The van der Waals surface area contributed by atoms with E-state index in [1.807, 2.05) is 38.1 Å². The van der Waals surface area contributed by atoms with Gasteiger partial charge < -0.3 is 29.3 Å². The van der Waals surface area contributed by atoms with Gasteiger partial charge in [-0.2, -0.15) is 0 Å². The fourth-order valence-electron chi connectivity index (χ4n) is 4.01. The van der Waals surface area contributed by atoms with Gasteiger partial charge in [-0.05, 0) is 50.2 Å². The molecule has 0 spiro atoms. The van der Waals surface area contributed by atoms with Crippen molar-refractivity contribution >= 4 is 17.9 Å². The molecule has 1 aliphatic rings. The summed E-state index contributed by atoms with van der Waals surface area (Å²) in [5.74, 6) is 1.12. The number of rotatable bonds is 7. The molecule has 3 aromatic rings. The zero-order chi connectivity index (χ0) is 25.0. The number of methoxy groups -OCH3 is 2. The van der Waals surface area contributed by atoms with E-state index in [4.69, 9.17) is 18.6 Å². The first-order valence-electron chi connectivity index (χ1n) is 11.2. The van der Waals surface area contributed by atoms with Crippen LogP contribution in [0.1, 0.15) is 48.0 Å². The van der Waals surface area contributed by atoms with Crippen molar-refractivity contribution in [1.29, 1.82) is 0 Å². The van der Waals surface area contributed by atoms with Crippen LogP contribution < -0.4 is 24.8 Å². The van der Waals surface area contributed by atoms with Gasteiger partial charge in [-0.3, -0.25) is 9.59 Å². The Kier molecular flexibility index (Phi) is 6.82. The number of furan rings is 1. The third kappa shape index (κ3) is 5.48. The molecule has 182 valence electrons. The molecule has 0 saturated carbocycles. The van der Waals surface area contributed by atoms with E-state index in [1.54, 1.807) is 30.3 Å². The Hall–Kier alpha value is -4.20. The molecule has 1 aromatic heterocycles. The van der Waals surface area contributed by atoms with E-state index in [2.05, 4.69) is 10.6 Å². The monoisotopic (exact) mass is 476 g/mol. The summed E-state index contributed by atoms with van der Waals surface area (Å²) in [5.41, 5.74) is 0.753. The zero-order valence-electron chi connectivity index (χ0n) is 20.1. The maximum atomic E-state index is 13.4. The third-order valence-electron chi connectivity index (χ3n) is 5.65. The number of ether oxygens (including phenoxy) is 3. The van der Waals surface area contributed by atoms with E-state index in [9.17, 15) is 9.59 Å². The average molecular weight is 477 g/mol. The summed E-state index contributed by atoms with van der Waals surface area (Å²) >= 11 is 0. The standard InChI is InChI=1S/C27H28N2O6/c1-27(2)16-21(19-9-5-6-10-22(19)35-27)29-26(31)20(15-18-8-7-13-34-18)28-25(30)17-11-12-23(32-3)24(14-17)33-4/h5-15,21H,16H2,1-4H3,(H,28,30)(H,29,31)/b20-15-/t21-/m0/s1. The number of carbonyl (C=O) groups excluding carboxylic acids is 2. The minimum Gasteiger partial charge on any atom is -0.493 e. The molecule has 4 rings (SSSR count). The smallest absolute Gasteiger partial charge is 0.268 e. The van der Waals surface area contributed by atoms with Crippen LogP contribution in [-0.4, -0.2) is 31.6 Å². The van der Waals surface area contributed by atoms with Crippen molar-refractivity contribution in [2.45, 2.75) is 31.9 Å². The second-order valence-corrected chi connectivity index (χ2v) is 8.73. The van der Waals surface area contributed by atoms with Crippen molar-refractivity contribution in [1.82, 2.24) is 10.6 Å². The number of hydrogen-bond acceptors (Lipinski definition) is 6. The Morgan fingerprint density at radius 3 is 2.51 bits per heavy atom. The highest BCUT2D eigenvalue weighted by Gasteiger charge is 2.35. The second kappa shape index (κ2) is 9.97. The molecular formula is C27H28N2O6. The molecule has 8 nitrogen and oxygen atoms in total. The molecule has 0 aliphatic carbocycles. The molecule has 2 aromatic carbocycles. The summed E-state index contributed by atoms with van der Waals surface area (Å²) in [4.78, 5) is 26.5. The fourth-order valence-corrected chi connectivity index (χ4v) is 4.01. The Balaban J connectivity index is 1.60. The van der Waals surface area contributed by atoms with Crippen molar-refractivity contribution < 1.29 is 28.2 Å². The van der Waals surface area contributed by atoms with Crippen molar-refractivity contribution in [3.8, 4) is 17.2 Å². The summed E-state index contributed by atoms with van der Waals surface area (Å²) < 4.78 is 22.0. The van der Waals surface area contributed by atoms with Crippen LogP contribution in [0.25, 0.3) is 6.08 Å². The number of carbonyl (C=O) groups is 2. The molecule has 2 heterocycles. The van der Waals surface area contributed by atoms with Crippen LogP contribution in [0.2, 0.25) is 0 Å². The normalized spacial score (nSPS) is 16.5. The van der Waals surface area contributed by atoms with Gasteiger partial charge in [0, 0.05) is 23.6 Å². The summed E-state index contributed by atoms with van der Waals surface area (Å²) in [5, 5.41) is 5.77. The van der Waals surface area contributed by atoms with Crippen molar-refractivity contribution in [2.24, 2.45) is 0 Å². The highest BCUT2D eigenvalue weighted by molar-refractivity contribution is 6.05. The van der Waals surface area contributed by atoms with Gasteiger partial charge in [0.1, 0.15) is 22.8 Å². The minimum absolute atomic E-state index is 0.0431. The SMILES string of the molecule is COc1ccc(C(=O)N/C(=C\c2ccco2)C(=O)N[C@H]2CC(C)(C)Oc3ccccc32)cc1OC. The van der Waals surface area contributed by atoms with Crippen LogP contribution in [0.5, 0.6) is 17.2 Å². The topological polar surface area (TPSA) is 99.0 Å². The maximum Gasteiger partial charge on any atom is 0.268 e. The lowest BCUT2D eigenvalue weighted by Gasteiger charge is -2.38. The van der Waals surface area contributed by atoms with Crippen molar-refractivity contribution in [3.05, 3.63) is 83.4 Å². The van der Waals surface area contributed by atoms with Gasteiger partial charge in [0.05, 0.1) is 26.5 Å². The van der Waals surface area contributed by atoms with Crippen LogP contribution in [0, 0.1) is 0 Å². The molecule has 0 saturated heterocycles. The molecule has 0 bridgehead atoms. The van der Waals surface area contributed by atoms with Gasteiger partial charge in [-0.25, -0.2) is 0 Å². The Morgan fingerprint density at radius 2 is 1.80 bits per heavy atom. The molecular weight excluding hydrogens is 448 g/mol. The third-order valence-corrected chi connectivity index (χ3v) is 5.65. The van der Waals surface area contributed by atoms with Gasteiger partial charge >= 0.3 is 0 Å². The lowest BCUT2D eigenvalue weighted by Crippen LogP contribution is -2.43. The Morgan fingerprint density at radius 1 is 1.03 bits per heavy atom. The van der Waals surface area contributed by atoms with Crippen LogP contribution >= 0.6 is 0 Å². The summed E-state index contributed by atoms with van der Waals surface area (Å²) in [6.45, 7) is 3.95. The fraction of sp³-hybridized carbons (Fsp3) is 0.259. The molecule has 0 unspecified atom stereocenters. The van der Waals surface area contributed by atoms with Crippen LogP contribution in [0.4, 0.5) is 0 Å². The van der Waals surface area contributed by atoms with Gasteiger partial charge in [-0.15, -0.1) is 0 Å². The molecule has 0 radical (unpaired) electrons. The number of hydrogen-bond donors (Lipinski definition) is 2. The first-order valence-corrected chi connectivity index (χ1v) is 11.2. The number of nitrogens with one attached hydrogen (secondary N) is 2. The predicted molar refractivity (Wildman–Crippen MR) is 130 cm³/mol. The molecule has 35 heavy (non-hydrogen) atoms. The summed E-state index contributed by atoms with van der Waals surface area (Å²) in [7, 11) is 3.00.